The number of hydrogen-bond donors (Lipinski definition) is 1. The van der Waals surface area contributed by atoms with Gasteiger partial charge in [0.15, 0.2) is 0 Å². The summed E-state index contributed by atoms with van der Waals surface area (Å²) in [5, 5.41) is 2.16. The molecule has 4 heteroatoms. The van der Waals surface area contributed by atoms with E-state index >= 15 is 0 Å². The fraction of sp³-hybridized carbons (Fsp3) is 0.200. The molecule has 1 aromatic rings. The molecule has 0 saturated carbocycles. The van der Waals surface area contributed by atoms with Crippen molar-refractivity contribution in [1.82, 2.24) is 0 Å². The first-order chi connectivity index (χ1) is 6.68. The van der Waals surface area contributed by atoms with Gasteiger partial charge in [-0.2, -0.15) is 0 Å². The van der Waals surface area contributed by atoms with Crippen LogP contribution in [0.15, 0.2) is 30.3 Å². The Labute approximate surface area is 87.1 Å². The molecule has 0 aromatic heterocycles. The van der Waals surface area contributed by atoms with Crippen LogP contribution in [0.25, 0.3) is 0 Å². The second-order valence-electron chi connectivity index (χ2n) is 2.77. The molecule has 0 radical (unpaired) electrons. The van der Waals surface area contributed by atoms with Crippen LogP contribution >= 0.6 is 11.6 Å². The third-order valence-electron chi connectivity index (χ3n) is 1.61. The molecule has 0 unspecified atom stereocenters. The van der Waals surface area contributed by atoms with E-state index in [1.54, 1.807) is 12.1 Å². The van der Waals surface area contributed by atoms with Crippen molar-refractivity contribution < 1.29 is 9.59 Å². The number of para-hydroxylation sites is 1. The molecule has 0 spiro atoms. The highest BCUT2D eigenvalue weighted by atomic mass is 35.5. The predicted molar refractivity (Wildman–Crippen MR) is 55.2 cm³/mol. The lowest BCUT2D eigenvalue weighted by atomic mass is 10.3. The topological polar surface area (TPSA) is 46.2 Å². The Hall–Kier alpha value is -1.35. The van der Waals surface area contributed by atoms with Gasteiger partial charge in [0.25, 0.3) is 0 Å². The summed E-state index contributed by atoms with van der Waals surface area (Å²) in [6.07, 6.45) is 0.192. The maximum Gasteiger partial charge on any atom is 0.224 e. The number of hydrogen-bond acceptors (Lipinski definition) is 2. The Morgan fingerprint density at radius 2 is 1.79 bits per heavy atom. The smallest absolute Gasteiger partial charge is 0.224 e. The van der Waals surface area contributed by atoms with Crippen LogP contribution < -0.4 is 5.32 Å². The number of carbonyl (C=O) groups is 2. The van der Waals surface area contributed by atoms with E-state index in [1.807, 2.05) is 18.2 Å². The highest BCUT2D eigenvalue weighted by Gasteiger charge is 2.04. The van der Waals surface area contributed by atoms with Crippen molar-refractivity contribution in [2.24, 2.45) is 0 Å². The number of halogens is 1. The summed E-state index contributed by atoms with van der Waals surface area (Å²) in [6.45, 7) is 0. The van der Waals surface area contributed by atoms with E-state index in [4.69, 9.17) is 11.6 Å². The van der Waals surface area contributed by atoms with E-state index in [0.29, 0.717) is 0 Å². The van der Waals surface area contributed by atoms with Gasteiger partial charge in [0.2, 0.25) is 11.1 Å². The third-order valence-corrected chi connectivity index (χ3v) is 1.80. The Balaban J connectivity index is 2.38. The normalized spacial score (nSPS) is 9.50. The number of benzene rings is 1. The molecular formula is C10H10ClNO2. The van der Waals surface area contributed by atoms with Crippen molar-refractivity contribution >= 4 is 28.4 Å². The molecule has 0 bridgehead atoms. The minimum atomic E-state index is -0.492. The molecule has 0 heterocycles. The number of anilines is 1. The van der Waals surface area contributed by atoms with Gasteiger partial charge in [0.1, 0.15) is 0 Å². The quantitative estimate of drug-likeness (QED) is 0.776. The molecule has 0 atom stereocenters. The number of nitrogens with one attached hydrogen (secondary N) is 1. The van der Waals surface area contributed by atoms with Gasteiger partial charge in [0, 0.05) is 18.5 Å². The van der Waals surface area contributed by atoms with Crippen molar-refractivity contribution in [1.29, 1.82) is 0 Å². The first-order valence-electron chi connectivity index (χ1n) is 4.22. The maximum absolute atomic E-state index is 11.2. The fourth-order valence-electron chi connectivity index (χ4n) is 0.957. The lowest BCUT2D eigenvalue weighted by Crippen LogP contribution is -2.11. The van der Waals surface area contributed by atoms with Crippen molar-refractivity contribution in [3.8, 4) is 0 Å². The van der Waals surface area contributed by atoms with E-state index in [2.05, 4.69) is 5.32 Å². The molecule has 1 aromatic carbocycles. The van der Waals surface area contributed by atoms with Crippen LogP contribution in [0.4, 0.5) is 5.69 Å². The largest absolute Gasteiger partial charge is 0.326 e. The second-order valence-corrected chi connectivity index (χ2v) is 3.19. The average molecular weight is 212 g/mol. The van der Waals surface area contributed by atoms with Gasteiger partial charge in [-0.3, -0.25) is 9.59 Å². The SMILES string of the molecule is O=C(Cl)CCC(=O)Nc1ccccc1. The van der Waals surface area contributed by atoms with Crippen LogP contribution in [-0.2, 0) is 9.59 Å². The number of rotatable bonds is 4. The predicted octanol–water partition coefficient (Wildman–Crippen LogP) is 2.17. The maximum atomic E-state index is 11.2. The molecule has 74 valence electrons. The minimum absolute atomic E-state index is 0.0697. The Bertz CT molecular complexity index is 324. The van der Waals surface area contributed by atoms with Crippen LogP contribution in [0.2, 0.25) is 0 Å². The zero-order valence-electron chi connectivity index (χ0n) is 7.50. The molecule has 0 fully saturated rings. The van der Waals surface area contributed by atoms with Gasteiger partial charge < -0.3 is 5.32 Å². The number of amides is 1. The van der Waals surface area contributed by atoms with E-state index in [1.165, 1.54) is 0 Å². The third kappa shape index (κ3) is 4.05. The highest BCUT2D eigenvalue weighted by molar-refractivity contribution is 6.63. The van der Waals surface area contributed by atoms with E-state index in [9.17, 15) is 9.59 Å². The van der Waals surface area contributed by atoms with Crippen molar-refractivity contribution in [2.45, 2.75) is 12.8 Å². The summed E-state index contributed by atoms with van der Waals surface area (Å²) in [5.74, 6) is -0.204. The standard InChI is InChI=1S/C10H10ClNO2/c11-9(13)6-7-10(14)12-8-4-2-1-3-5-8/h1-5H,6-7H2,(H,12,14). The summed E-state index contributed by atoms with van der Waals surface area (Å²) in [6, 6.07) is 9.06. The van der Waals surface area contributed by atoms with Gasteiger partial charge >= 0.3 is 0 Å². The van der Waals surface area contributed by atoms with Gasteiger partial charge in [-0.15, -0.1) is 0 Å². The summed E-state index contributed by atoms with van der Waals surface area (Å²) < 4.78 is 0. The molecule has 0 aliphatic heterocycles. The number of carbonyl (C=O) groups excluding carboxylic acids is 2. The lowest BCUT2D eigenvalue weighted by Gasteiger charge is -2.02. The molecule has 1 N–H and O–H groups in total. The highest BCUT2D eigenvalue weighted by Crippen LogP contribution is 2.06. The first kappa shape index (κ1) is 10.7. The molecule has 3 nitrogen and oxygen atoms in total. The van der Waals surface area contributed by atoms with E-state index in [-0.39, 0.29) is 18.7 Å². The average Bonchev–Trinajstić information content (AvgIpc) is 2.16. The molecule has 14 heavy (non-hydrogen) atoms. The molecular weight excluding hydrogens is 202 g/mol. The van der Waals surface area contributed by atoms with Crippen LogP contribution in [-0.4, -0.2) is 11.1 Å². The van der Waals surface area contributed by atoms with Crippen LogP contribution in [0.1, 0.15) is 12.8 Å². The molecule has 1 rings (SSSR count). The minimum Gasteiger partial charge on any atom is -0.326 e. The first-order valence-corrected chi connectivity index (χ1v) is 4.59. The zero-order valence-corrected chi connectivity index (χ0v) is 8.25. The Morgan fingerprint density at radius 3 is 2.36 bits per heavy atom. The molecule has 0 saturated heterocycles. The lowest BCUT2D eigenvalue weighted by molar-refractivity contribution is -0.119. The van der Waals surface area contributed by atoms with Gasteiger partial charge in [-0.05, 0) is 23.7 Å². The fourth-order valence-corrected chi connectivity index (χ4v) is 1.05. The second kappa shape index (κ2) is 5.40. The molecule has 0 aliphatic rings. The van der Waals surface area contributed by atoms with Crippen LogP contribution in [0, 0.1) is 0 Å². The Morgan fingerprint density at radius 1 is 1.14 bits per heavy atom. The van der Waals surface area contributed by atoms with Crippen LogP contribution in [0.3, 0.4) is 0 Å². The monoisotopic (exact) mass is 211 g/mol. The van der Waals surface area contributed by atoms with Crippen molar-refractivity contribution in [2.75, 3.05) is 5.32 Å². The summed E-state index contributed by atoms with van der Waals surface area (Å²) >= 11 is 5.11. The summed E-state index contributed by atoms with van der Waals surface area (Å²) in [4.78, 5) is 21.6. The van der Waals surface area contributed by atoms with E-state index < -0.39 is 5.24 Å². The zero-order chi connectivity index (χ0) is 10.4. The van der Waals surface area contributed by atoms with E-state index in [0.717, 1.165) is 5.69 Å². The van der Waals surface area contributed by atoms with Crippen molar-refractivity contribution in [3.63, 3.8) is 0 Å². The molecule has 1 amide bonds. The van der Waals surface area contributed by atoms with Crippen molar-refractivity contribution in [3.05, 3.63) is 30.3 Å². The summed E-state index contributed by atoms with van der Waals surface area (Å²) in [5.41, 5.74) is 0.722. The van der Waals surface area contributed by atoms with Gasteiger partial charge in [0.05, 0.1) is 0 Å². The van der Waals surface area contributed by atoms with Crippen LogP contribution in [0.5, 0.6) is 0 Å². The summed E-state index contributed by atoms with van der Waals surface area (Å²) in [7, 11) is 0. The van der Waals surface area contributed by atoms with Gasteiger partial charge in [-0.25, -0.2) is 0 Å². The Kier molecular flexibility index (Phi) is 4.13. The molecule has 0 aliphatic carbocycles. The van der Waals surface area contributed by atoms with Gasteiger partial charge in [-0.1, -0.05) is 18.2 Å².